The van der Waals surface area contributed by atoms with Gasteiger partial charge in [-0.25, -0.2) is 4.98 Å². The van der Waals surface area contributed by atoms with E-state index in [1.807, 2.05) is 15.7 Å². The minimum absolute atomic E-state index is 0.103. The van der Waals surface area contributed by atoms with Crippen LogP contribution in [0.1, 0.15) is 32.4 Å². The molecule has 166 valence electrons. The van der Waals surface area contributed by atoms with Crippen LogP contribution in [0, 0.1) is 11.8 Å². The van der Waals surface area contributed by atoms with Crippen LogP contribution < -0.4 is 27.6 Å². The lowest BCUT2D eigenvalue weighted by molar-refractivity contribution is 0.0911. The van der Waals surface area contributed by atoms with E-state index in [-0.39, 0.29) is 23.7 Å². The zero-order chi connectivity index (χ0) is 23.0. The molecule has 32 heavy (non-hydrogen) atoms. The zero-order valence-electron chi connectivity index (χ0n) is 17.7. The van der Waals surface area contributed by atoms with Gasteiger partial charge in [0.15, 0.2) is 21.6 Å². The van der Waals surface area contributed by atoms with Crippen LogP contribution in [-0.2, 0) is 12.8 Å². The maximum absolute atomic E-state index is 12.6. The van der Waals surface area contributed by atoms with Crippen LogP contribution in [0.2, 0.25) is 0 Å². The van der Waals surface area contributed by atoms with Gasteiger partial charge in [-0.05, 0) is 79.9 Å². The Balaban J connectivity index is 1.44. The number of carbonyl (C=O) groups is 2. The molecule has 7 N–H and O–H groups in total. The molecule has 3 heterocycles. The van der Waals surface area contributed by atoms with Gasteiger partial charge >= 0.3 is 0 Å². The van der Waals surface area contributed by atoms with Crippen LogP contribution in [0.25, 0.3) is 0 Å². The number of H-pyrrole nitrogens is 3. The number of anilines is 1. The quantitative estimate of drug-likeness (QED) is 0.212. The fraction of sp³-hybridized carbons (Fsp3) is 0.316. The predicted octanol–water partition coefficient (Wildman–Crippen LogP) is -1.12. The van der Waals surface area contributed by atoms with Crippen molar-refractivity contribution in [2.75, 3.05) is 18.8 Å². The summed E-state index contributed by atoms with van der Waals surface area (Å²) in [5.41, 5.74) is 10.6. The number of nitrogens with zero attached hydrogens (tertiary/aromatic N) is 1. The molecule has 0 bridgehead atoms. The molecule has 3 aromatic heterocycles. The smallest absolute Gasteiger partial charge is 0.267 e. The monoisotopic (exact) mass is 561 g/mol. The van der Waals surface area contributed by atoms with Gasteiger partial charge in [-0.1, -0.05) is 0 Å². The molecule has 0 aliphatic heterocycles. The largest absolute Gasteiger partial charge is 0.369 e. The number of rotatable bonds is 6. The number of aromatic amines is 3. The van der Waals surface area contributed by atoms with Crippen molar-refractivity contribution in [1.82, 2.24) is 30.6 Å². The summed E-state index contributed by atoms with van der Waals surface area (Å²) in [5, 5.41) is 6.05. The van der Waals surface area contributed by atoms with E-state index >= 15 is 0 Å². The zero-order valence-corrected chi connectivity index (χ0v) is 20.9. The van der Waals surface area contributed by atoms with Crippen LogP contribution >= 0.6 is 31.9 Å². The number of nitrogens with one attached hydrogen (secondary N) is 5. The predicted molar refractivity (Wildman–Crippen MR) is 135 cm³/mol. The summed E-state index contributed by atoms with van der Waals surface area (Å²) in [6.07, 6.45) is 1.37. The summed E-state index contributed by atoms with van der Waals surface area (Å²) in [5.74, 6) is 0.277. The van der Waals surface area contributed by atoms with Gasteiger partial charge in [-0.3, -0.25) is 9.59 Å². The van der Waals surface area contributed by atoms with Crippen molar-refractivity contribution in [3.05, 3.63) is 43.9 Å². The molecule has 0 aromatic carbocycles. The Bertz CT molecular complexity index is 1050. The molecule has 13 heteroatoms. The Morgan fingerprint density at radius 3 is 1.94 bits per heavy atom. The summed E-state index contributed by atoms with van der Waals surface area (Å²) in [6.45, 7) is 0.939. The van der Waals surface area contributed by atoms with E-state index in [4.69, 9.17) is 5.73 Å². The molecule has 1 aliphatic rings. The molecular formula is C19H23B2Br2N7O2. The van der Waals surface area contributed by atoms with Gasteiger partial charge in [0.05, 0.1) is 5.69 Å². The summed E-state index contributed by atoms with van der Waals surface area (Å²) < 4.78 is 1.73. The van der Waals surface area contributed by atoms with Crippen molar-refractivity contribution in [1.29, 1.82) is 0 Å². The first-order valence-corrected chi connectivity index (χ1v) is 11.9. The molecule has 9 nitrogen and oxygen atoms in total. The minimum atomic E-state index is -0.166. The van der Waals surface area contributed by atoms with Crippen LogP contribution in [-0.4, -0.2) is 60.5 Å². The number of hydrogen-bond donors (Lipinski definition) is 6. The van der Waals surface area contributed by atoms with E-state index < -0.39 is 0 Å². The van der Waals surface area contributed by atoms with Crippen molar-refractivity contribution in [2.45, 2.75) is 12.8 Å². The number of nitrogen functional groups attached to an aromatic ring is 1. The van der Waals surface area contributed by atoms with Gasteiger partial charge in [-0.2, -0.15) is 0 Å². The van der Waals surface area contributed by atoms with Crippen LogP contribution in [0.3, 0.4) is 0 Å². The SMILES string of the molecule is Bc1[nH]c(C(=O)NCC2Cc3nc(N)[nH]c3CC2CNC(=O)c2cc(Br)c(B)[nH]2)cc1Br. The van der Waals surface area contributed by atoms with E-state index in [9.17, 15) is 9.59 Å². The third-order valence-corrected chi connectivity index (χ3v) is 7.56. The molecule has 0 radical (unpaired) electrons. The maximum Gasteiger partial charge on any atom is 0.267 e. The van der Waals surface area contributed by atoms with E-state index in [2.05, 4.69) is 62.4 Å². The molecule has 2 unspecified atom stereocenters. The standard InChI is InChI=1S/C19H23B2Br2N7O2/c20-15-9(22)3-13(27-15)17(31)25-5-7-1-11-12(30-19(24)29-11)2-8(7)6-26-18(32)14-4-10(23)16(21)28-14/h3-4,7-8,27-28H,1-2,5-6,20-21H2,(H,25,31)(H,26,32)(H3,24,29,30). The lowest BCUT2D eigenvalue weighted by atomic mass is 9.79. The highest BCUT2D eigenvalue weighted by atomic mass is 79.9. The van der Waals surface area contributed by atoms with E-state index in [0.717, 1.165) is 31.5 Å². The number of amides is 2. The molecule has 0 saturated heterocycles. The van der Waals surface area contributed by atoms with Gasteiger partial charge in [0.1, 0.15) is 11.4 Å². The molecule has 0 saturated carbocycles. The number of hydrogen-bond acceptors (Lipinski definition) is 4. The molecule has 0 spiro atoms. The van der Waals surface area contributed by atoms with Crippen molar-refractivity contribution >= 4 is 76.5 Å². The molecule has 0 fully saturated rings. The molecule has 3 aromatic rings. The lowest BCUT2D eigenvalue weighted by Gasteiger charge is -2.31. The first-order chi connectivity index (χ1) is 15.2. The van der Waals surface area contributed by atoms with Gasteiger partial charge in [0.2, 0.25) is 0 Å². The number of carbonyl (C=O) groups excluding carboxylic acids is 2. The lowest BCUT2D eigenvalue weighted by Crippen LogP contribution is -2.42. The second kappa shape index (κ2) is 9.22. The first-order valence-electron chi connectivity index (χ1n) is 10.3. The third kappa shape index (κ3) is 4.83. The molecular weight excluding hydrogens is 540 g/mol. The van der Waals surface area contributed by atoms with Crippen molar-refractivity contribution < 1.29 is 9.59 Å². The highest BCUT2D eigenvalue weighted by Crippen LogP contribution is 2.29. The maximum atomic E-state index is 12.6. The number of aromatic nitrogens is 4. The van der Waals surface area contributed by atoms with Gasteiger partial charge in [0.25, 0.3) is 11.8 Å². The van der Waals surface area contributed by atoms with Gasteiger partial charge < -0.3 is 31.3 Å². The molecule has 2 amide bonds. The van der Waals surface area contributed by atoms with Gasteiger partial charge in [-0.15, -0.1) is 0 Å². The second-order valence-corrected chi connectivity index (χ2v) is 9.92. The summed E-state index contributed by atoms with van der Waals surface area (Å²) in [4.78, 5) is 38.9. The fourth-order valence-corrected chi connectivity index (χ4v) is 4.73. The summed E-state index contributed by atoms with van der Waals surface area (Å²) in [6, 6.07) is 3.54. The average Bonchev–Trinajstić information content (AvgIpc) is 3.39. The minimum Gasteiger partial charge on any atom is -0.369 e. The number of imidazole rings is 1. The second-order valence-electron chi connectivity index (χ2n) is 8.21. The van der Waals surface area contributed by atoms with E-state index in [1.165, 1.54) is 0 Å². The highest BCUT2D eigenvalue weighted by molar-refractivity contribution is 9.11. The van der Waals surface area contributed by atoms with Crippen LogP contribution in [0.4, 0.5) is 5.95 Å². The van der Waals surface area contributed by atoms with Crippen molar-refractivity contribution in [3.8, 4) is 0 Å². The molecule has 4 rings (SSSR count). The summed E-state index contributed by atoms with van der Waals surface area (Å²) in [7, 11) is 3.80. The fourth-order valence-electron chi connectivity index (χ4n) is 4.07. The van der Waals surface area contributed by atoms with Crippen molar-refractivity contribution in [3.63, 3.8) is 0 Å². The first kappa shape index (κ1) is 22.8. The molecule has 2 atom stereocenters. The normalized spacial score (nSPS) is 17.7. The van der Waals surface area contributed by atoms with Crippen LogP contribution in [0.5, 0.6) is 0 Å². The van der Waals surface area contributed by atoms with Crippen molar-refractivity contribution in [2.24, 2.45) is 11.8 Å². The highest BCUT2D eigenvalue weighted by Gasteiger charge is 2.31. The number of halogens is 2. The Kier molecular flexibility index (Phi) is 6.57. The van der Waals surface area contributed by atoms with Crippen LogP contribution in [0.15, 0.2) is 21.1 Å². The Hall–Kier alpha value is -2.40. The average molecular weight is 563 g/mol. The summed E-state index contributed by atoms with van der Waals surface area (Å²) >= 11 is 6.84. The number of fused-ring (bicyclic) bond motifs is 1. The van der Waals surface area contributed by atoms with Gasteiger partial charge in [0, 0.05) is 27.7 Å². The Labute approximate surface area is 203 Å². The Morgan fingerprint density at radius 2 is 1.47 bits per heavy atom. The molecule has 1 aliphatic carbocycles. The van der Waals surface area contributed by atoms with E-state index in [0.29, 0.717) is 43.3 Å². The Morgan fingerprint density at radius 1 is 0.969 bits per heavy atom. The van der Waals surface area contributed by atoms with E-state index in [1.54, 1.807) is 12.1 Å². The topological polar surface area (TPSA) is 144 Å². The number of nitrogens with two attached hydrogens (primary N) is 1. The third-order valence-electron chi connectivity index (χ3n) is 5.91.